The number of aliphatic hydroxyl groups excluding tert-OH is 2. The zero-order valence-corrected chi connectivity index (χ0v) is 40.7. The summed E-state index contributed by atoms with van der Waals surface area (Å²) in [7, 11) is 2.09. The summed E-state index contributed by atoms with van der Waals surface area (Å²) in [4.78, 5) is 37.5. The number of carboxylic acids is 1. The van der Waals surface area contributed by atoms with E-state index >= 15 is 0 Å². The maximum atomic E-state index is 14.4. The van der Waals surface area contributed by atoms with Crippen LogP contribution in [0.15, 0.2) is 85.3 Å². The van der Waals surface area contributed by atoms with Crippen LogP contribution >= 0.6 is 34.5 Å². The Balaban J connectivity index is 1.11. The first-order valence-corrected chi connectivity index (χ1v) is 24.1. The van der Waals surface area contributed by atoms with Crippen LogP contribution in [0.5, 0.6) is 28.9 Å². The van der Waals surface area contributed by atoms with Gasteiger partial charge in [0, 0.05) is 66.9 Å². The summed E-state index contributed by atoms with van der Waals surface area (Å²) in [6, 6.07) is 20.0. The fraction of sp³-hybridized carbons (Fsp3) is 0.314. The highest BCUT2D eigenvalue weighted by atomic mass is 35.5. The minimum absolute atomic E-state index is 0.00307. The van der Waals surface area contributed by atoms with Crippen molar-refractivity contribution in [3.05, 3.63) is 124 Å². The number of piperazine rings is 1. The van der Waals surface area contributed by atoms with Crippen LogP contribution in [-0.2, 0) is 17.8 Å². The Morgan fingerprint density at radius 1 is 0.914 bits per heavy atom. The molecule has 3 aromatic heterocycles. The van der Waals surface area contributed by atoms with Crippen molar-refractivity contribution in [3.8, 4) is 61.8 Å². The van der Waals surface area contributed by atoms with E-state index in [-0.39, 0.29) is 42.2 Å². The Bertz CT molecular complexity index is 2980. The van der Waals surface area contributed by atoms with Crippen LogP contribution in [0.1, 0.15) is 22.4 Å². The quantitative estimate of drug-likeness (QED) is 0.106. The topological polar surface area (TPSA) is 182 Å². The molecule has 70 heavy (non-hydrogen) atoms. The molecule has 3 aliphatic heterocycles. The largest absolute Gasteiger partial charge is 0.491 e. The lowest BCUT2D eigenvalue weighted by molar-refractivity contribution is -0.145. The van der Waals surface area contributed by atoms with Crippen LogP contribution in [0.25, 0.3) is 43.2 Å². The molecule has 19 heteroatoms. The minimum Gasteiger partial charge on any atom is -0.491 e. The zero-order valence-electron chi connectivity index (χ0n) is 38.4. The molecule has 10 rings (SSSR count). The molecule has 1 fully saturated rings. The number of carboxylic acid groups (broad SMARTS) is 1. The monoisotopic (exact) mass is 1010 g/mol. The van der Waals surface area contributed by atoms with Gasteiger partial charge in [0.2, 0.25) is 12.0 Å². The van der Waals surface area contributed by atoms with Crippen LogP contribution in [0.3, 0.4) is 0 Å². The SMILES string of the molecule is Cc1c(Cl)c2c(Cl)c(C)c1-c1c(-c3ccc(F)cc3)sc3ncnc(c13)O[C@@H](C(=O)O)Cc1cc(ccc1OCc1ccnc(-c3ccc(OC[C@H](O)CO)cc3)n1)OCC(CN1CCN(C)CC1)O2. The van der Waals surface area contributed by atoms with Crippen molar-refractivity contribution < 1.29 is 48.2 Å². The van der Waals surface area contributed by atoms with Crippen LogP contribution in [0.2, 0.25) is 10.0 Å². The van der Waals surface area contributed by atoms with E-state index in [9.17, 15) is 19.4 Å². The van der Waals surface area contributed by atoms with Crippen LogP contribution in [0.4, 0.5) is 4.39 Å². The molecule has 6 heterocycles. The maximum Gasteiger partial charge on any atom is 0.345 e. The maximum absolute atomic E-state index is 14.4. The third-order valence-electron chi connectivity index (χ3n) is 12.2. The molecule has 0 radical (unpaired) electrons. The number of hydrogen-bond acceptors (Lipinski definition) is 15. The van der Waals surface area contributed by atoms with E-state index in [4.69, 9.17) is 57.0 Å². The van der Waals surface area contributed by atoms with Gasteiger partial charge in [0.1, 0.15) is 66.3 Å². The van der Waals surface area contributed by atoms with Crippen molar-refractivity contribution in [2.45, 2.75) is 45.2 Å². The lowest BCUT2D eigenvalue weighted by atomic mass is 9.92. The molecule has 1 saturated heterocycles. The Kier molecular flexibility index (Phi) is 15.0. The third-order valence-corrected chi connectivity index (χ3v) is 14.3. The molecule has 4 aromatic carbocycles. The molecule has 3 atom stereocenters. The van der Waals surface area contributed by atoms with Crippen LogP contribution < -0.4 is 23.7 Å². The number of rotatable bonds is 12. The standard InChI is InChI=1S/C51H49Cl2FN6O9S/c1-28-41-29(2)45(53)46(44(28)52)68-38(22-60-18-16-59(3)17-19-60)26-66-37-12-13-39(67-24-34-14-15-55-48(58-34)31-6-10-36(11-7-31)65-25-35(62)23-61)32(20-37)21-40(51(63)64)69-49-43-42(41)47(70-50(43)57-27-56-49)30-4-8-33(54)9-5-30/h4-15,20,27,35,38,40,61-62H,16-19,21-26H2,1-3H3,(H,63,64)/t35-,38?,40-/m1/s1. The van der Waals surface area contributed by atoms with E-state index in [0.717, 1.165) is 26.2 Å². The lowest BCUT2D eigenvalue weighted by Crippen LogP contribution is -2.49. The molecule has 3 N–H and O–H groups in total. The number of ether oxygens (including phenoxy) is 5. The number of thiophene rings is 1. The lowest BCUT2D eigenvalue weighted by Gasteiger charge is -2.35. The highest BCUT2D eigenvalue weighted by Gasteiger charge is 2.32. The molecule has 7 aromatic rings. The number of aromatic nitrogens is 4. The molecule has 0 amide bonds. The summed E-state index contributed by atoms with van der Waals surface area (Å²) in [5.74, 6) is 0.359. The van der Waals surface area contributed by atoms with Crippen LogP contribution in [0, 0.1) is 19.7 Å². The second-order valence-corrected chi connectivity index (χ2v) is 18.9. The number of benzene rings is 4. The van der Waals surface area contributed by atoms with Gasteiger partial charge in [0.15, 0.2) is 11.6 Å². The van der Waals surface area contributed by atoms with Gasteiger partial charge in [-0.05, 0) is 104 Å². The third kappa shape index (κ3) is 10.8. The number of hydrogen-bond donors (Lipinski definition) is 3. The van der Waals surface area contributed by atoms with Gasteiger partial charge in [-0.15, -0.1) is 11.3 Å². The Morgan fingerprint density at radius 3 is 2.36 bits per heavy atom. The van der Waals surface area contributed by atoms with Crippen molar-refractivity contribution in [2.24, 2.45) is 0 Å². The smallest absolute Gasteiger partial charge is 0.345 e. The first-order chi connectivity index (χ1) is 33.8. The zero-order chi connectivity index (χ0) is 49.1. The number of halogens is 3. The van der Waals surface area contributed by atoms with Gasteiger partial charge in [0.25, 0.3) is 0 Å². The van der Waals surface area contributed by atoms with Crippen molar-refractivity contribution >= 4 is 50.7 Å². The van der Waals surface area contributed by atoms with E-state index in [2.05, 4.69) is 31.8 Å². The van der Waals surface area contributed by atoms with Gasteiger partial charge >= 0.3 is 5.97 Å². The molecule has 0 aliphatic carbocycles. The predicted molar refractivity (Wildman–Crippen MR) is 264 cm³/mol. The number of aliphatic carboxylic acids is 1. The molecular formula is C51H49Cl2FN6O9S. The number of fused-ring (bicyclic) bond motifs is 7. The van der Waals surface area contributed by atoms with Gasteiger partial charge in [-0.2, -0.15) is 0 Å². The fourth-order valence-corrected chi connectivity index (χ4v) is 10.1. The average molecular weight is 1010 g/mol. The van der Waals surface area contributed by atoms with Crippen molar-refractivity contribution in [3.63, 3.8) is 0 Å². The minimum atomic E-state index is -1.50. The van der Waals surface area contributed by atoms with Crippen LogP contribution in [-0.4, -0.2) is 129 Å². The van der Waals surface area contributed by atoms with E-state index < -0.39 is 36.7 Å². The summed E-state index contributed by atoms with van der Waals surface area (Å²) >= 11 is 16.0. The van der Waals surface area contributed by atoms with E-state index in [1.54, 1.807) is 66.9 Å². The van der Waals surface area contributed by atoms with E-state index in [1.165, 1.54) is 29.8 Å². The Morgan fingerprint density at radius 2 is 1.64 bits per heavy atom. The Labute approximate surface area is 417 Å². The van der Waals surface area contributed by atoms with Crippen molar-refractivity contribution in [1.29, 1.82) is 0 Å². The first-order valence-electron chi connectivity index (χ1n) is 22.5. The molecule has 15 nitrogen and oxygen atoms in total. The highest BCUT2D eigenvalue weighted by molar-refractivity contribution is 7.22. The van der Waals surface area contributed by atoms with E-state index in [0.29, 0.717) is 95.1 Å². The van der Waals surface area contributed by atoms with E-state index in [1.807, 2.05) is 13.8 Å². The number of likely N-dealkylation sites (N-methyl/N-ethyl adjacent to an activating group) is 1. The summed E-state index contributed by atoms with van der Waals surface area (Å²) in [6.07, 6.45) is -0.294. The number of nitrogens with zero attached hydrogens (tertiary/aromatic N) is 6. The van der Waals surface area contributed by atoms with Crippen molar-refractivity contribution in [2.75, 3.05) is 59.6 Å². The normalized spacial score (nSPS) is 17.0. The number of carbonyl (C=O) groups is 1. The summed E-state index contributed by atoms with van der Waals surface area (Å²) in [6.45, 7) is 7.25. The number of aliphatic hydroxyl groups is 2. The molecule has 0 saturated carbocycles. The van der Waals surface area contributed by atoms with Gasteiger partial charge in [-0.3, -0.25) is 4.90 Å². The molecular weight excluding hydrogens is 963 g/mol. The summed E-state index contributed by atoms with van der Waals surface area (Å²) in [5, 5.41) is 30.6. The Hall–Kier alpha value is -6.18. The van der Waals surface area contributed by atoms with Gasteiger partial charge in [0.05, 0.1) is 27.7 Å². The van der Waals surface area contributed by atoms with Crippen molar-refractivity contribution in [1.82, 2.24) is 29.7 Å². The highest BCUT2D eigenvalue weighted by Crippen LogP contribution is 2.53. The molecule has 3 aliphatic rings. The second-order valence-electron chi connectivity index (χ2n) is 17.2. The average Bonchev–Trinajstić information content (AvgIpc) is 3.75. The molecule has 0 spiro atoms. The second kappa shape index (κ2) is 21.4. The molecule has 1 unspecified atom stereocenters. The predicted octanol–water partition coefficient (Wildman–Crippen LogP) is 8.32. The van der Waals surface area contributed by atoms with Gasteiger partial charge in [-0.1, -0.05) is 35.3 Å². The summed E-state index contributed by atoms with van der Waals surface area (Å²) in [5.41, 5.74) is 4.90. The van der Waals surface area contributed by atoms with Gasteiger partial charge < -0.3 is 43.9 Å². The first kappa shape index (κ1) is 48.8. The summed E-state index contributed by atoms with van der Waals surface area (Å²) < 4.78 is 46.2. The fourth-order valence-electron chi connectivity index (χ4n) is 8.43. The molecule has 364 valence electrons. The van der Waals surface area contributed by atoms with Gasteiger partial charge in [-0.25, -0.2) is 29.1 Å². The molecule has 4 bridgehead atoms.